The Morgan fingerprint density at radius 2 is 1.85 bits per heavy atom. The highest BCUT2D eigenvalue weighted by molar-refractivity contribution is 6.26. The van der Waals surface area contributed by atoms with Crippen molar-refractivity contribution in [3.8, 4) is 5.75 Å². The molecule has 0 atom stereocenters. The quantitative estimate of drug-likeness (QED) is 0.772. The first-order valence-electron chi connectivity index (χ1n) is 6.75. The summed E-state index contributed by atoms with van der Waals surface area (Å²) in [6.07, 6.45) is 3.34. The molecule has 0 saturated carbocycles. The molecule has 100 valence electrons. The Morgan fingerprint density at radius 1 is 1.05 bits per heavy atom. The topological polar surface area (TPSA) is 26.3 Å². The lowest BCUT2D eigenvalue weighted by Gasteiger charge is -2.19. The molecular formula is C18H16O2. The highest BCUT2D eigenvalue weighted by Crippen LogP contribution is 2.32. The third-order valence-corrected chi connectivity index (χ3v) is 3.63. The largest absolute Gasteiger partial charge is 0.497 e. The van der Waals surface area contributed by atoms with E-state index in [-0.39, 0.29) is 5.78 Å². The summed E-state index contributed by atoms with van der Waals surface area (Å²) in [5.74, 6) is 1.06. The summed E-state index contributed by atoms with van der Waals surface area (Å²) in [4.78, 5) is 12.2. The number of rotatable bonds is 2. The van der Waals surface area contributed by atoms with Gasteiger partial charge in [-0.1, -0.05) is 36.4 Å². The average Bonchev–Trinajstić information content (AvgIpc) is 2.50. The maximum absolute atomic E-state index is 12.2. The van der Waals surface area contributed by atoms with Crippen molar-refractivity contribution in [3.63, 3.8) is 0 Å². The summed E-state index contributed by atoms with van der Waals surface area (Å²) in [6, 6.07) is 15.9. The van der Waals surface area contributed by atoms with Crippen LogP contribution in [0, 0.1) is 0 Å². The number of Topliss-reactive ketones (excluding diaryl/α,β-unsaturated/α-hetero) is 1. The van der Waals surface area contributed by atoms with Crippen molar-refractivity contribution < 1.29 is 9.53 Å². The number of carbonyl (C=O) groups excluding carboxylic acids is 1. The molecule has 2 heteroatoms. The number of benzene rings is 2. The number of allylic oxidation sites excluding steroid dienone is 1. The number of hydrogen-bond acceptors (Lipinski definition) is 2. The third kappa shape index (κ3) is 2.37. The van der Waals surface area contributed by atoms with Gasteiger partial charge in [-0.3, -0.25) is 4.79 Å². The third-order valence-electron chi connectivity index (χ3n) is 3.63. The second kappa shape index (κ2) is 5.33. The SMILES string of the molecule is COc1ccc2c(c1)CCC(=O)/C2=C/c1ccccc1. The van der Waals surface area contributed by atoms with Crippen LogP contribution in [0.25, 0.3) is 11.6 Å². The molecule has 20 heavy (non-hydrogen) atoms. The van der Waals surface area contributed by atoms with Crippen molar-refractivity contribution in [2.24, 2.45) is 0 Å². The lowest BCUT2D eigenvalue weighted by atomic mass is 9.85. The maximum Gasteiger partial charge on any atom is 0.163 e. The van der Waals surface area contributed by atoms with E-state index in [2.05, 4.69) is 0 Å². The molecule has 2 aromatic rings. The van der Waals surface area contributed by atoms with Gasteiger partial charge in [-0.05, 0) is 41.3 Å². The second-order valence-corrected chi connectivity index (χ2v) is 4.91. The van der Waals surface area contributed by atoms with Crippen LogP contribution in [0.3, 0.4) is 0 Å². The first-order valence-corrected chi connectivity index (χ1v) is 6.75. The van der Waals surface area contributed by atoms with Crippen LogP contribution >= 0.6 is 0 Å². The first kappa shape index (κ1) is 12.7. The summed E-state index contributed by atoms with van der Waals surface area (Å²) in [6.45, 7) is 0. The van der Waals surface area contributed by atoms with Gasteiger partial charge in [-0.25, -0.2) is 0 Å². The van der Waals surface area contributed by atoms with E-state index in [1.54, 1.807) is 7.11 Å². The monoisotopic (exact) mass is 264 g/mol. The minimum atomic E-state index is 0.214. The molecule has 0 bridgehead atoms. The molecule has 1 aliphatic rings. The molecule has 2 aromatic carbocycles. The zero-order valence-corrected chi connectivity index (χ0v) is 11.4. The minimum absolute atomic E-state index is 0.214. The molecule has 2 nitrogen and oxygen atoms in total. The Kier molecular flexibility index (Phi) is 3.38. The zero-order valence-electron chi connectivity index (χ0n) is 11.4. The fourth-order valence-corrected chi connectivity index (χ4v) is 2.57. The molecule has 0 heterocycles. The van der Waals surface area contributed by atoms with E-state index in [4.69, 9.17) is 4.74 Å². The van der Waals surface area contributed by atoms with Gasteiger partial charge in [0.15, 0.2) is 5.78 Å². The van der Waals surface area contributed by atoms with Crippen molar-refractivity contribution in [2.45, 2.75) is 12.8 Å². The summed E-state index contributed by atoms with van der Waals surface area (Å²) < 4.78 is 5.26. The van der Waals surface area contributed by atoms with Gasteiger partial charge in [0.2, 0.25) is 0 Å². The standard InChI is InChI=1S/C18H16O2/c1-20-15-8-9-16-14(12-15)7-10-18(19)17(16)11-13-5-3-2-4-6-13/h2-6,8-9,11-12H,7,10H2,1H3/b17-11+. The van der Waals surface area contributed by atoms with E-state index >= 15 is 0 Å². The van der Waals surface area contributed by atoms with Crippen LogP contribution in [0.2, 0.25) is 0 Å². The molecule has 0 N–H and O–H groups in total. The summed E-state index contributed by atoms with van der Waals surface area (Å²) >= 11 is 0. The highest BCUT2D eigenvalue weighted by Gasteiger charge is 2.21. The maximum atomic E-state index is 12.2. The Balaban J connectivity index is 2.08. The fraction of sp³-hybridized carbons (Fsp3) is 0.167. The van der Waals surface area contributed by atoms with Crippen molar-refractivity contribution in [3.05, 3.63) is 65.2 Å². The van der Waals surface area contributed by atoms with E-state index in [1.165, 1.54) is 5.56 Å². The van der Waals surface area contributed by atoms with Crippen LogP contribution in [-0.2, 0) is 11.2 Å². The van der Waals surface area contributed by atoms with E-state index in [0.29, 0.717) is 6.42 Å². The highest BCUT2D eigenvalue weighted by atomic mass is 16.5. The Hall–Kier alpha value is -2.35. The van der Waals surface area contributed by atoms with Gasteiger partial charge in [0, 0.05) is 12.0 Å². The van der Waals surface area contributed by atoms with Gasteiger partial charge >= 0.3 is 0 Å². The predicted octanol–water partition coefficient (Wildman–Crippen LogP) is 3.75. The van der Waals surface area contributed by atoms with Gasteiger partial charge in [-0.15, -0.1) is 0 Å². The number of methoxy groups -OCH3 is 1. The van der Waals surface area contributed by atoms with Crippen LogP contribution < -0.4 is 4.74 Å². The van der Waals surface area contributed by atoms with Crippen LogP contribution in [-0.4, -0.2) is 12.9 Å². The van der Waals surface area contributed by atoms with Crippen molar-refractivity contribution >= 4 is 17.4 Å². The van der Waals surface area contributed by atoms with E-state index in [9.17, 15) is 4.79 Å². The molecule has 3 rings (SSSR count). The second-order valence-electron chi connectivity index (χ2n) is 4.91. The van der Waals surface area contributed by atoms with Crippen LogP contribution in [0.1, 0.15) is 23.1 Å². The Labute approximate surface area is 118 Å². The first-order chi connectivity index (χ1) is 9.78. The van der Waals surface area contributed by atoms with Gasteiger partial charge < -0.3 is 4.74 Å². The van der Waals surface area contributed by atoms with Gasteiger partial charge in [0.25, 0.3) is 0 Å². The normalized spacial score (nSPS) is 16.1. The molecule has 1 aliphatic carbocycles. The van der Waals surface area contributed by atoms with E-state index < -0.39 is 0 Å². The summed E-state index contributed by atoms with van der Waals surface area (Å²) in [5, 5.41) is 0. The smallest absolute Gasteiger partial charge is 0.163 e. The van der Waals surface area contributed by atoms with Gasteiger partial charge in [0.1, 0.15) is 5.75 Å². The fourth-order valence-electron chi connectivity index (χ4n) is 2.57. The van der Waals surface area contributed by atoms with E-state index in [1.807, 2.05) is 54.6 Å². The molecule has 0 radical (unpaired) electrons. The number of ether oxygens (including phenoxy) is 1. The van der Waals surface area contributed by atoms with E-state index in [0.717, 1.165) is 28.9 Å². The van der Waals surface area contributed by atoms with Crippen molar-refractivity contribution in [2.75, 3.05) is 7.11 Å². The molecular weight excluding hydrogens is 248 g/mol. The van der Waals surface area contributed by atoms with Crippen molar-refractivity contribution in [1.29, 1.82) is 0 Å². The lowest BCUT2D eigenvalue weighted by molar-refractivity contribution is -0.113. The van der Waals surface area contributed by atoms with Crippen LogP contribution in [0.5, 0.6) is 5.75 Å². The average molecular weight is 264 g/mol. The Morgan fingerprint density at radius 3 is 2.60 bits per heavy atom. The number of aryl methyl sites for hydroxylation is 1. The van der Waals surface area contributed by atoms with Gasteiger partial charge in [0.05, 0.1) is 7.11 Å². The minimum Gasteiger partial charge on any atom is -0.497 e. The predicted molar refractivity (Wildman–Crippen MR) is 80.6 cm³/mol. The molecule has 0 fully saturated rings. The molecule has 0 aliphatic heterocycles. The molecule has 0 saturated heterocycles. The molecule has 0 spiro atoms. The van der Waals surface area contributed by atoms with Crippen LogP contribution in [0.15, 0.2) is 48.5 Å². The zero-order chi connectivity index (χ0) is 13.9. The Bertz CT molecular complexity index is 669. The molecule has 0 amide bonds. The number of fused-ring (bicyclic) bond motifs is 1. The summed E-state index contributed by atoms with van der Waals surface area (Å²) in [5.41, 5.74) is 4.08. The summed E-state index contributed by atoms with van der Waals surface area (Å²) in [7, 11) is 1.66. The molecule has 0 aromatic heterocycles. The van der Waals surface area contributed by atoms with Crippen molar-refractivity contribution in [1.82, 2.24) is 0 Å². The number of ketones is 1. The molecule has 0 unspecified atom stereocenters. The number of carbonyl (C=O) groups is 1. The number of hydrogen-bond donors (Lipinski definition) is 0. The van der Waals surface area contributed by atoms with Gasteiger partial charge in [-0.2, -0.15) is 0 Å². The lowest BCUT2D eigenvalue weighted by Crippen LogP contribution is -2.12. The van der Waals surface area contributed by atoms with Crippen LogP contribution in [0.4, 0.5) is 0 Å².